The molecular formula is C14H17BrF3NO. The van der Waals surface area contributed by atoms with Crippen LogP contribution in [-0.2, 0) is 0 Å². The summed E-state index contributed by atoms with van der Waals surface area (Å²) in [7, 11) is 0. The Morgan fingerprint density at radius 2 is 1.95 bits per heavy atom. The third-order valence-corrected chi connectivity index (χ3v) is 4.44. The Labute approximate surface area is 124 Å². The molecule has 0 unspecified atom stereocenters. The van der Waals surface area contributed by atoms with E-state index in [9.17, 15) is 18.3 Å². The van der Waals surface area contributed by atoms with Gasteiger partial charge in [0.1, 0.15) is 0 Å². The topological polar surface area (TPSA) is 32.3 Å². The van der Waals surface area contributed by atoms with Gasteiger partial charge in [-0.3, -0.25) is 0 Å². The van der Waals surface area contributed by atoms with Crippen LogP contribution < -0.4 is 5.32 Å². The van der Waals surface area contributed by atoms with Crippen molar-refractivity contribution in [3.05, 3.63) is 28.7 Å². The lowest BCUT2D eigenvalue weighted by atomic mass is 9.76. The van der Waals surface area contributed by atoms with Crippen molar-refractivity contribution in [2.24, 2.45) is 5.92 Å². The maximum atomic E-state index is 12.7. The predicted molar refractivity (Wildman–Crippen MR) is 75.6 cm³/mol. The zero-order valence-electron chi connectivity index (χ0n) is 10.9. The Balaban J connectivity index is 2.05. The molecule has 1 saturated carbocycles. The molecule has 2 nitrogen and oxygen atoms in total. The van der Waals surface area contributed by atoms with E-state index in [1.54, 1.807) is 0 Å². The van der Waals surface area contributed by atoms with Crippen molar-refractivity contribution >= 4 is 21.6 Å². The van der Waals surface area contributed by atoms with Crippen molar-refractivity contribution in [3.63, 3.8) is 0 Å². The number of anilines is 1. The normalized spacial score (nSPS) is 27.4. The summed E-state index contributed by atoms with van der Waals surface area (Å²) < 4.78 is 39.0. The molecule has 2 rings (SSSR count). The van der Waals surface area contributed by atoms with Gasteiger partial charge in [-0.25, -0.2) is 0 Å². The zero-order valence-corrected chi connectivity index (χ0v) is 12.5. The maximum absolute atomic E-state index is 12.7. The fourth-order valence-electron chi connectivity index (χ4n) is 2.69. The van der Waals surface area contributed by atoms with Gasteiger partial charge in [0.25, 0.3) is 0 Å². The lowest BCUT2D eigenvalue weighted by molar-refractivity contribution is -0.184. The van der Waals surface area contributed by atoms with Gasteiger partial charge in [-0.05, 0) is 43.9 Å². The van der Waals surface area contributed by atoms with Gasteiger partial charge in [-0.1, -0.05) is 22.0 Å². The summed E-state index contributed by atoms with van der Waals surface area (Å²) in [6.45, 7) is -0.163. The van der Waals surface area contributed by atoms with Crippen LogP contribution in [0.2, 0.25) is 0 Å². The van der Waals surface area contributed by atoms with Gasteiger partial charge in [0.2, 0.25) is 0 Å². The Kier molecular flexibility index (Phi) is 4.64. The van der Waals surface area contributed by atoms with Crippen LogP contribution >= 0.6 is 15.9 Å². The van der Waals surface area contributed by atoms with Crippen LogP contribution in [0.1, 0.15) is 25.7 Å². The monoisotopic (exact) mass is 351 g/mol. The first-order chi connectivity index (χ1) is 9.35. The van der Waals surface area contributed by atoms with Crippen LogP contribution in [0.3, 0.4) is 0 Å². The highest BCUT2D eigenvalue weighted by Gasteiger charge is 2.45. The largest absolute Gasteiger partial charge is 0.394 e. The van der Waals surface area contributed by atoms with E-state index in [1.807, 2.05) is 24.3 Å². The van der Waals surface area contributed by atoms with E-state index in [1.165, 1.54) is 0 Å². The van der Waals surface area contributed by atoms with Gasteiger partial charge in [0.05, 0.1) is 18.1 Å². The standard InChI is InChI=1S/C14H17BrF3NO/c15-11-2-1-3-12(8-11)19-13(9-20)6-4-10(5-7-13)14(16,17)18/h1-3,8,10,19-20H,4-7,9H2. The third-order valence-electron chi connectivity index (χ3n) is 3.94. The fourth-order valence-corrected chi connectivity index (χ4v) is 3.09. The number of hydrogen-bond donors (Lipinski definition) is 2. The maximum Gasteiger partial charge on any atom is 0.391 e. The molecule has 0 aromatic heterocycles. The summed E-state index contributed by atoms with van der Waals surface area (Å²) in [5, 5.41) is 12.8. The number of alkyl halides is 3. The van der Waals surface area contributed by atoms with Crippen LogP contribution in [0.5, 0.6) is 0 Å². The second-order valence-corrected chi connectivity index (χ2v) is 6.31. The van der Waals surface area contributed by atoms with Crippen molar-refractivity contribution in [2.45, 2.75) is 37.4 Å². The van der Waals surface area contributed by atoms with Gasteiger partial charge in [-0.2, -0.15) is 13.2 Å². The number of nitrogens with one attached hydrogen (secondary N) is 1. The number of hydrogen-bond acceptors (Lipinski definition) is 2. The lowest BCUT2D eigenvalue weighted by Gasteiger charge is -2.40. The molecule has 0 amide bonds. The number of halogens is 4. The quantitative estimate of drug-likeness (QED) is 0.848. The molecule has 20 heavy (non-hydrogen) atoms. The molecule has 6 heteroatoms. The number of aliphatic hydroxyl groups is 1. The average molecular weight is 352 g/mol. The summed E-state index contributed by atoms with van der Waals surface area (Å²) >= 11 is 3.35. The Bertz CT molecular complexity index is 456. The van der Waals surface area contributed by atoms with Crippen LogP contribution in [-0.4, -0.2) is 23.4 Å². The number of rotatable bonds is 3. The summed E-state index contributed by atoms with van der Waals surface area (Å²) in [5.74, 6) is -1.24. The van der Waals surface area contributed by atoms with Crippen molar-refractivity contribution < 1.29 is 18.3 Å². The molecule has 0 radical (unpaired) electrons. The first kappa shape index (κ1) is 15.6. The van der Waals surface area contributed by atoms with Crippen LogP contribution in [0.25, 0.3) is 0 Å². The SMILES string of the molecule is OCC1(Nc2cccc(Br)c2)CCC(C(F)(F)F)CC1. The Hall–Kier alpha value is -0.750. The summed E-state index contributed by atoms with van der Waals surface area (Å²) in [4.78, 5) is 0. The van der Waals surface area contributed by atoms with E-state index in [0.717, 1.165) is 10.2 Å². The summed E-state index contributed by atoms with van der Waals surface area (Å²) in [6, 6.07) is 7.42. The van der Waals surface area contributed by atoms with Crippen molar-refractivity contribution in [2.75, 3.05) is 11.9 Å². The number of benzene rings is 1. The van der Waals surface area contributed by atoms with Gasteiger partial charge in [0.15, 0.2) is 0 Å². The summed E-state index contributed by atoms with van der Waals surface area (Å²) in [5.41, 5.74) is 0.154. The first-order valence-electron chi connectivity index (χ1n) is 6.56. The molecule has 0 aliphatic heterocycles. The van der Waals surface area contributed by atoms with Crippen molar-refractivity contribution in [1.82, 2.24) is 0 Å². The summed E-state index contributed by atoms with van der Waals surface area (Å²) in [6.07, 6.45) is -3.37. The first-order valence-corrected chi connectivity index (χ1v) is 7.35. The molecule has 2 N–H and O–H groups in total. The van der Waals surface area contributed by atoms with E-state index in [0.29, 0.717) is 12.8 Å². The van der Waals surface area contributed by atoms with E-state index in [2.05, 4.69) is 21.2 Å². The Morgan fingerprint density at radius 3 is 2.45 bits per heavy atom. The second-order valence-electron chi connectivity index (χ2n) is 5.39. The molecular weight excluding hydrogens is 335 g/mol. The molecule has 112 valence electrons. The molecule has 1 fully saturated rings. The zero-order chi connectivity index (χ0) is 14.8. The second kappa shape index (κ2) is 5.93. The highest BCUT2D eigenvalue weighted by atomic mass is 79.9. The van der Waals surface area contributed by atoms with Crippen LogP contribution in [0, 0.1) is 5.92 Å². The van der Waals surface area contributed by atoms with Crippen LogP contribution in [0.4, 0.5) is 18.9 Å². The van der Waals surface area contributed by atoms with Gasteiger partial charge < -0.3 is 10.4 Å². The van der Waals surface area contributed by atoms with Gasteiger partial charge in [0, 0.05) is 10.2 Å². The molecule has 0 heterocycles. The van der Waals surface area contributed by atoms with Crippen molar-refractivity contribution in [3.8, 4) is 0 Å². The molecule has 1 aliphatic carbocycles. The molecule has 0 atom stereocenters. The molecule has 1 aliphatic rings. The highest BCUT2D eigenvalue weighted by molar-refractivity contribution is 9.10. The van der Waals surface area contributed by atoms with E-state index in [-0.39, 0.29) is 19.4 Å². The fraction of sp³-hybridized carbons (Fsp3) is 0.571. The predicted octanol–water partition coefficient (Wildman–Crippen LogP) is 4.34. The van der Waals surface area contributed by atoms with E-state index < -0.39 is 17.6 Å². The highest BCUT2D eigenvalue weighted by Crippen LogP contribution is 2.42. The molecule has 1 aromatic rings. The minimum Gasteiger partial charge on any atom is -0.394 e. The minimum absolute atomic E-state index is 0.0606. The lowest BCUT2D eigenvalue weighted by Crippen LogP contribution is -2.47. The van der Waals surface area contributed by atoms with Gasteiger partial charge in [-0.15, -0.1) is 0 Å². The van der Waals surface area contributed by atoms with Crippen LogP contribution in [0.15, 0.2) is 28.7 Å². The molecule has 0 saturated heterocycles. The molecule has 0 bridgehead atoms. The molecule has 0 spiro atoms. The molecule has 1 aromatic carbocycles. The Morgan fingerprint density at radius 1 is 1.30 bits per heavy atom. The third kappa shape index (κ3) is 3.67. The average Bonchev–Trinajstić information content (AvgIpc) is 2.38. The van der Waals surface area contributed by atoms with Gasteiger partial charge >= 0.3 is 6.18 Å². The van der Waals surface area contributed by atoms with E-state index >= 15 is 0 Å². The smallest absolute Gasteiger partial charge is 0.391 e. The van der Waals surface area contributed by atoms with E-state index in [4.69, 9.17) is 0 Å². The van der Waals surface area contributed by atoms with Crippen molar-refractivity contribution in [1.29, 1.82) is 0 Å². The number of aliphatic hydroxyl groups excluding tert-OH is 1. The minimum atomic E-state index is -4.13.